The minimum absolute atomic E-state index is 0.361. The van der Waals surface area contributed by atoms with Gasteiger partial charge >= 0.3 is 5.97 Å². The highest BCUT2D eigenvalue weighted by atomic mass is 79.9. The Kier molecular flexibility index (Phi) is 4.98. The van der Waals surface area contributed by atoms with Crippen LogP contribution in [0.5, 0.6) is 0 Å². The Balaban J connectivity index is 2.53. The van der Waals surface area contributed by atoms with Crippen LogP contribution in [-0.2, 0) is 4.79 Å². The number of nitrogens with one attached hydrogen (secondary N) is 1. The summed E-state index contributed by atoms with van der Waals surface area (Å²) in [7, 11) is 0. The Hall–Kier alpha value is -1.54. The third-order valence-corrected chi connectivity index (χ3v) is 3.07. The molecule has 4 nitrogen and oxygen atoms in total. The highest BCUT2D eigenvalue weighted by Crippen LogP contribution is 2.23. The molecule has 17 heavy (non-hydrogen) atoms. The lowest BCUT2D eigenvalue weighted by atomic mass is 10.1. The van der Waals surface area contributed by atoms with Crippen molar-refractivity contribution in [2.75, 3.05) is 11.9 Å². The van der Waals surface area contributed by atoms with E-state index >= 15 is 0 Å². The largest absolute Gasteiger partial charge is 0.481 e. The number of carboxylic acid groups (broad SMARTS) is 1. The first-order valence-electron chi connectivity index (χ1n) is 5.21. The Bertz CT molecular complexity index is 454. The van der Waals surface area contributed by atoms with E-state index in [2.05, 4.69) is 21.2 Å². The van der Waals surface area contributed by atoms with Crippen LogP contribution in [0.15, 0.2) is 22.7 Å². The van der Waals surface area contributed by atoms with Gasteiger partial charge in [0.25, 0.3) is 0 Å². The predicted molar refractivity (Wildman–Crippen MR) is 68.8 cm³/mol. The summed E-state index contributed by atoms with van der Waals surface area (Å²) in [6.45, 7) is 2.26. The second-order valence-electron chi connectivity index (χ2n) is 3.76. The molecule has 0 aliphatic rings. The molecule has 0 aromatic heterocycles. The van der Waals surface area contributed by atoms with Crippen molar-refractivity contribution in [2.45, 2.75) is 13.3 Å². The molecule has 0 spiro atoms. The van der Waals surface area contributed by atoms with Crippen LogP contribution in [0.4, 0.5) is 5.69 Å². The Morgan fingerprint density at radius 3 is 2.88 bits per heavy atom. The number of nitrogens with zero attached hydrogens (tertiary/aromatic N) is 1. The summed E-state index contributed by atoms with van der Waals surface area (Å²) < 4.78 is 0.805. The number of rotatable bonds is 5. The minimum atomic E-state index is -0.786. The van der Waals surface area contributed by atoms with Crippen molar-refractivity contribution >= 4 is 27.6 Å². The van der Waals surface area contributed by atoms with Crippen molar-refractivity contribution in [3.63, 3.8) is 0 Å². The fraction of sp³-hybridized carbons (Fsp3) is 0.333. The molecule has 1 aromatic carbocycles. The highest BCUT2D eigenvalue weighted by Gasteiger charge is 2.10. The summed E-state index contributed by atoms with van der Waals surface area (Å²) in [5.41, 5.74) is 1.45. The lowest BCUT2D eigenvalue weighted by Gasteiger charge is -2.10. The van der Waals surface area contributed by atoms with Gasteiger partial charge in [-0.05, 0) is 40.5 Å². The van der Waals surface area contributed by atoms with E-state index in [0.717, 1.165) is 10.2 Å². The van der Waals surface area contributed by atoms with Gasteiger partial charge in [-0.15, -0.1) is 0 Å². The van der Waals surface area contributed by atoms with Crippen molar-refractivity contribution < 1.29 is 9.90 Å². The van der Waals surface area contributed by atoms with E-state index < -0.39 is 5.97 Å². The van der Waals surface area contributed by atoms with Gasteiger partial charge in [-0.25, -0.2) is 0 Å². The number of anilines is 1. The molecular formula is C12H13BrN2O2. The van der Waals surface area contributed by atoms with E-state index in [1.165, 1.54) is 0 Å². The molecule has 2 N–H and O–H groups in total. The second-order valence-corrected chi connectivity index (χ2v) is 4.62. The smallest absolute Gasteiger partial charge is 0.306 e. The first kappa shape index (κ1) is 13.5. The molecular weight excluding hydrogens is 284 g/mol. The van der Waals surface area contributed by atoms with Crippen LogP contribution in [0.1, 0.15) is 18.9 Å². The molecule has 0 aliphatic heterocycles. The minimum Gasteiger partial charge on any atom is -0.481 e. The fourth-order valence-corrected chi connectivity index (χ4v) is 1.79. The average molecular weight is 297 g/mol. The summed E-state index contributed by atoms with van der Waals surface area (Å²) in [6.07, 6.45) is 0.557. The number of halogens is 1. The van der Waals surface area contributed by atoms with E-state index in [1.54, 1.807) is 25.1 Å². The molecule has 90 valence electrons. The first-order valence-corrected chi connectivity index (χ1v) is 6.00. The Labute approximate surface area is 108 Å². The summed E-state index contributed by atoms with van der Waals surface area (Å²) in [4.78, 5) is 10.6. The van der Waals surface area contributed by atoms with Gasteiger partial charge in [-0.2, -0.15) is 5.26 Å². The van der Waals surface area contributed by atoms with Crippen molar-refractivity contribution in [1.82, 2.24) is 0 Å². The molecule has 1 aromatic rings. The highest BCUT2D eigenvalue weighted by molar-refractivity contribution is 9.10. The van der Waals surface area contributed by atoms with Crippen LogP contribution >= 0.6 is 15.9 Å². The van der Waals surface area contributed by atoms with Gasteiger partial charge in [-0.3, -0.25) is 4.79 Å². The molecule has 1 atom stereocenters. The summed E-state index contributed by atoms with van der Waals surface area (Å²) in [6, 6.07) is 7.29. The summed E-state index contributed by atoms with van der Waals surface area (Å²) in [5, 5.41) is 20.6. The SMILES string of the molecule is CC(CCNc1ccc(C#N)cc1Br)C(=O)O. The monoisotopic (exact) mass is 296 g/mol. The maximum atomic E-state index is 10.6. The van der Waals surface area contributed by atoms with Crippen LogP contribution in [-0.4, -0.2) is 17.6 Å². The number of hydrogen-bond donors (Lipinski definition) is 2. The molecule has 0 radical (unpaired) electrons. The fourth-order valence-electron chi connectivity index (χ4n) is 1.27. The molecule has 0 saturated carbocycles. The lowest BCUT2D eigenvalue weighted by Crippen LogP contribution is -2.14. The van der Waals surface area contributed by atoms with E-state index in [-0.39, 0.29) is 5.92 Å². The van der Waals surface area contributed by atoms with E-state index in [0.29, 0.717) is 18.5 Å². The molecule has 0 fully saturated rings. The molecule has 0 bridgehead atoms. The van der Waals surface area contributed by atoms with Crippen molar-refractivity contribution in [3.05, 3.63) is 28.2 Å². The van der Waals surface area contributed by atoms with Crippen molar-refractivity contribution in [3.8, 4) is 6.07 Å². The van der Waals surface area contributed by atoms with Crippen molar-refractivity contribution in [2.24, 2.45) is 5.92 Å². The first-order chi connectivity index (χ1) is 8.04. The zero-order chi connectivity index (χ0) is 12.8. The Morgan fingerprint density at radius 2 is 2.35 bits per heavy atom. The van der Waals surface area contributed by atoms with E-state index in [4.69, 9.17) is 10.4 Å². The third-order valence-electron chi connectivity index (χ3n) is 2.41. The average Bonchev–Trinajstić information content (AvgIpc) is 2.30. The quantitative estimate of drug-likeness (QED) is 0.876. The van der Waals surface area contributed by atoms with Crippen LogP contribution in [0.3, 0.4) is 0 Å². The van der Waals surface area contributed by atoms with E-state index in [1.807, 2.05) is 6.07 Å². The molecule has 0 aliphatic carbocycles. The third kappa shape index (κ3) is 4.08. The summed E-state index contributed by atoms with van der Waals surface area (Å²) in [5.74, 6) is -1.15. The van der Waals surface area contributed by atoms with Gasteiger partial charge < -0.3 is 10.4 Å². The van der Waals surface area contributed by atoms with Crippen LogP contribution in [0, 0.1) is 17.2 Å². The summed E-state index contributed by atoms with van der Waals surface area (Å²) >= 11 is 3.35. The number of hydrogen-bond acceptors (Lipinski definition) is 3. The molecule has 0 amide bonds. The van der Waals surface area contributed by atoms with Crippen molar-refractivity contribution in [1.29, 1.82) is 5.26 Å². The topological polar surface area (TPSA) is 73.1 Å². The van der Waals surface area contributed by atoms with Gasteiger partial charge in [0.1, 0.15) is 0 Å². The maximum absolute atomic E-state index is 10.6. The predicted octanol–water partition coefficient (Wildman–Crippen LogP) is 2.84. The second kappa shape index (κ2) is 6.26. The normalized spacial score (nSPS) is 11.6. The molecule has 0 heterocycles. The van der Waals surface area contributed by atoms with Crippen LogP contribution in [0.2, 0.25) is 0 Å². The number of carboxylic acids is 1. The zero-order valence-corrected chi connectivity index (χ0v) is 11.0. The van der Waals surface area contributed by atoms with Gasteiger partial charge in [0.2, 0.25) is 0 Å². The van der Waals surface area contributed by atoms with Gasteiger partial charge in [0.15, 0.2) is 0 Å². The standard InChI is InChI=1S/C12H13BrN2O2/c1-8(12(16)17)4-5-15-11-3-2-9(7-14)6-10(11)13/h2-3,6,8,15H,4-5H2,1H3,(H,16,17). The van der Waals surface area contributed by atoms with Gasteiger partial charge in [-0.1, -0.05) is 6.92 Å². The maximum Gasteiger partial charge on any atom is 0.306 e. The lowest BCUT2D eigenvalue weighted by molar-refractivity contribution is -0.141. The zero-order valence-electron chi connectivity index (χ0n) is 9.40. The molecule has 1 rings (SSSR count). The number of nitriles is 1. The van der Waals surface area contributed by atoms with Crippen LogP contribution < -0.4 is 5.32 Å². The molecule has 1 unspecified atom stereocenters. The number of carbonyl (C=O) groups is 1. The Morgan fingerprint density at radius 1 is 1.65 bits per heavy atom. The van der Waals surface area contributed by atoms with Gasteiger partial charge in [0, 0.05) is 16.7 Å². The number of benzene rings is 1. The number of aliphatic carboxylic acids is 1. The van der Waals surface area contributed by atoms with E-state index in [9.17, 15) is 4.79 Å². The van der Waals surface area contributed by atoms with Gasteiger partial charge in [0.05, 0.1) is 17.6 Å². The van der Waals surface area contributed by atoms with Crippen LogP contribution in [0.25, 0.3) is 0 Å². The molecule has 0 saturated heterocycles. The molecule has 5 heteroatoms.